The van der Waals surface area contributed by atoms with Crippen molar-refractivity contribution in [3.63, 3.8) is 0 Å². The molecule has 21 heavy (non-hydrogen) atoms. The first-order valence-corrected chi connectivity index (χ1v) is 7.40. The van der Waals surface area contributed by atoms with Crippen molar-refractivity contribution in [1.29, 1.82) is 0 Å². The Bertz CT molecular complexity index is 494. The lowest BCUT2D eigenvalue weighted by Gasteiger charge is -2.37. The number of carbonyl (C=O) groups is 1. The van der Waals surface area contributed by atoms with E-state index in [2.05, 4.69) is 23.6 Å². The van der Waals surface area contributed by atoms with Gasteiger partial charge in [-0.1, -0.05) is 13.8 Å². The molecule has 1 aliphatic rings. The molecule has 0 bridgehead atoms. The largest absolute Gasteiger partial charge is 0.497 e. The van der Waals surface area contributed by atoms with Crippen molar-refractivity contribution >= 4 is 11.7 Å². The molecular weight excluding hydrogens is 268 g/mol. The molecule has 2 rings (SSSR count). The Labute approximate surface area is 126 Å². The van der Waals surface area contributed by atoms with Crippen LogP contribution in [0.4, 0.5) is 5.69 Å². The minimum absolute atomic E-state index is 0.341. The summed E-state index contributed by atoms with van der Waals surface area (Å²) in [7, 11) is 1.60. The number of benzene rings is 1. The summed E-state index contributed by atoms with van der Waals surface area (Å²) in [6.07, 6.45) is 0. The number of carboxylic acid groups (broad SMARTS) is 1. The summed E-state index contributed by atoms with van der Waals surface area (Å²) >= 11 is 0. The average molecular weight is 292 g/mol. The maximum atomic E-state index is 11.4. The Balaban J connectivity index is 2.13. The second-order valence-electron chi connectivity index (χ2n) is 5.87. The van der Waals surface area contributed by atoms with Crippen LogP contribution in [0, 0.1) is 5.92 Å². The molecule has 0 radical (unpaired) electrons. The van der Waals surface area contributed by atoms with Gasteiger partial charge in [0.15, 0.2) is 0 Å². The summed E-state index contributed by atoms with van der Waals surface area (Å²) in [6.45, 7) is 9.16. The number of ether oxygens (including phenoxy) is 1. The van der Waals surface area contributed by atoms with Gasteiger partial charge < -0.3 is 14.7 Å². The molecule has 5 nitrogen and oxygen atoms in total. The maximum Gasteiger partial charge on any atom is 0.337 e. The van der Waals surface area contributed by atoms with Crippen molar-refractivity contribution in [2.45, 2.75) is 13.8 Å². The monoisotopic (exact) mass is 292 g/mol. The lowest BCUT2D eigenvalue weighted by atomic mass is 10.1. The van der Waals surface area contributed by atoms with Crippen molar-refractivity contribution in [3.05, 3.63) is 23.8 Å². The van der Waals surface area contributed by atoms with Crippen LogP contribution in [0.1, 0.15) is 24.2 Å². The normalized spacial score (nSPS) is 16.3. The third-order valence-corrected chi connectivity index (χ3v) is 3.77. The minimum Gasteiger partial charge on any atom is -0.497 e. The first-order chi connectivity index (χ1) is 10.0. The molecule has 0 unspecified atom stereocenters. The molecule has 0 saturated carbocycles. The predicted octanol–water partition coefficient (Wildman–Crippen LogP) is 2.17. The third kappa shape index (κ3) is 3.88. The highest BCUT2D eigenvalue weighted by Gasteiger charge is 2.22. The number of aromatic carboxylic acids is 1. The van der Waals surface area contributed by atoms with Gasteiger partial charge in [0.2, 0.25) is 0 Å². The SMILES string of the molecule is COc1ccc(C(=O)O)c(N2CCN(CC(C)C)CC2)c1. The van der Waals surface area contributed by atoms with Crippen molar-refractivity contribution < 1.29 is 14.6 Å². The smallest absolute Gasteiger partial charge is 0.337 e. The highest BCUT2D eigenvalue weighted by molar-refractivity contribution is 5.94. The summed E-state index contributed by atoms with van der Waals surface area (Å²) in [6, 6.07) is 5.14. The van der Waals surface area contributed by atoms with E-state index >= 15 is 0 Å². The number of hydrogen-bond donors (Lipinski definition) is 1. The molecule has 5 heteroatoms. The van der Waals surface area contributed by atoms with Gasteiger partial charge in [-0.2, -0.15) is 0 Å². The van der Waals surface area contributed by atoms with Crippen LogP contribution in [0.15, 0.2) is 18.2 Å². The molecule has 1 aromatic carbocycles. The lowest BCUT2D eigenvalue weighted by Crippen LogP contribution is -2.47. The van der Waals surface area contributed by atoms with E-state index in [0.29, 0.717) is 17.2 Å². The van der Waals surface area contributed by atoms with Gasteiger partial charge in [-0.15, -0.1) is 0 Å². The molecule has 1 heterocycles. The Morgan fingerprint density at radius 2 is 1.95 bits per heavy atom. The molecule has 0 amide bonds. The summed E-state index contributed by atoms with van der Waals surface area (Å²) in [5, 5.41) is 9.35. The number of rotatable bonds is 5. The van der Waals surface area contributed by atoms with E-state index in [1.807, 2.05) is 6.07 Å². The summed E-state index contributed by atoms with van der Waals surface area (Å²) in [5.41, 5.74) is 1.10. The van der Waals surface area contributed by atoms with Crippen LogP contribution < -0.4 is 9.64 Å². The fourth-order valence-electron chi connectivity index (χ4n) is 2.77. The van der Waals surface area contributed by atoms with E-state index in [9.17, 15) is 9.90 Å². The van der Waals surface area contributed by atoms with Gasteiger partial charge >= 0.3 is 5.97 Å². The van der Waals surface area contributed by atoms with Gasteiger partial charge in [-0.25, -0.2) is 4.79 Å². The zero-order chi connectivity index (χ0) is 15.4. The maximum absolute atomic E-state index is 11.4. The van der Waals surface area contributed by atoms with E-state index in [4.69, 9.17) is 4.74 Å². The van der Waals surface area contributed by atoms with Gasteiger partial charge in [0.05, 0.1) is 18.4 Å². The summed E-state index contributed by atoms with van der Waals surface area (Å²) < 4.78 is 5.22. The Hall–Kier alpha value is -1.75. The molecule has 0 spiro atoms. The zero-order valence-electron chi connectivity index (χ0n) is 13.0. The first-order valence-electron chi connectivity index (χ1n) is 7.40. The van der Waals surface area contributed by atoms with Gasteiger partial charge in [0.1, 0.15) is 5.75 Å². The van der Waals surface area contributed by atoms with Crippen LogP contribution in [0.3, 0.4) is 0 Å². The van der Waals surface area contributed by atoms with Crippen LogP contribution in [0.2, 0.25) is 0 Å². The van der Waals surface area contributed by atoms with Gasteiger partial charge in [-0.3, -0.25) is 4.90 Å². The van der Waals surface area contributed by atoms with Crippen molar-refractivity contribution in [2.75, 3.05) is 44.7 Å². The molecule has 1 aliphatic heterocycles. The molecule has 0 aliphatic carbocycles. The van der Waals surface area contributed by atoms with Crippen LogP contribution in [-0.4, -0.2) is 55.8 Å². The quantitative estimate of drug-likeness (QED) is 0.901. The zero-order valence-corrected chi connectivity index (χ0v) is 13.0. The fourth-order valence-corrected chi connectivity index (χ4v) is 2.77. The molecule has 0 aromatic heterocycles. The number of piperazine rings is 1. The van der Waals surface area contributed by atoms with Crippen LogP contribution in [0.5, 0.6) is 5.75 Å². The lowest BCUT2D eigenvalue weighted by molar-refractivity contribution is 0.0697. The van der Waals surface area contributed by atoms with Crippen molar-refractivity contribution in [2.24, 2.45) is 5.92 Å². The van der Waals surface area contributed by atoms with Crippen molar-refractivity contribution in [3.8, 4) is 5.75 Å². The Morgan fingerprint density at radius 1 is 1.29 bits per heavy atom. The van der Waals surface area contributed by atoms with Crippen molar-refractivity contribution in [1.82, 2.24) is 4.90 Å². The van der Waals surface area contributed by atoms with Gasteiger partial charge in [0, 0.05) is 38.8 Å². The van der Waals surface area contributed by atoms with Gasteiger partial charge in [-0.05, 0) is 18.1 Å². The second kappa shape index (κ2) is 6.80. The second-order valence-corrected chi connectivity index (χ2v) is 5.87. The average Bonchev–Trinajstić information content (AvgIpc) is 2.46. The Morgan fingerprint density at radius 3 is 2.48 bits per heavy atom. The Kier molecular flexibility index (Phi) is 5.07. The van der Waals surface area contributed by atoms with Crippen LogP contribution >= 0.6 is 0 Å². The molecule has 1 saturated heterocycles. The standard InChI is InChI=1S/C16H24N2O3/c1-12(2)11-17-6-8-18(9-7-17)15-10-13(21-3)4-5-14(15)16(19)20/h4-5,10,12H,6-9,11H2,1-3H3,(H,19,20). The number of hydrogen-bond acceptors (Lipinski definition) is 4. The fraction of sp³-hybridized carbons (Fsp3) is 0.562. The van der Waals surface area contributed by atoms with E-state index in [0.717, 1.165) is 38.4 Å². The van der Waals surface area contributed by atoms with Gasteiger partial charge in [0.25, 0.3) is 0 Å². The molecule has 1 aromatic rings. The number of anilines is 1. The van der Waals surface area contributed by atoms with E-state index in [-0.39, 0.29) is 0 Å². The van der Waals surface area contributed by atoms with Crippen LogP contribution in [0.25, 0.3) is 0 Å². The number of carboxylic acids is 1. The molecule has 116 valence electrons. The van der Waals surface area contributed by atoms with E-state index in [1.165, 1.54) is 0 Å². The summed E-state index contributed by atoms with van der Waals surface area (Å²) in [5.74, 6) is 0.458. The molecular formula is C16H24N2O3. The van der Waals surface area contributed by atoms with E-state index in [1.54, 1.807) is 19.2 Å². The number of nitrogens with zero attached hydrogens (tertiary/aromatic N) is 2. The summed E-state index contributed by atoms with van der Waals surface area (Å²) in [4.78, 5) is 16.0. The third-order valence-electron chi connectivity index (χ3n) is 3.77. The van der Waals surface area contributed by atoms with Crippen LogP contribution in [-0.2, 0) is 0 Å². The first kappa shape index (κ1) is 15.6. The molecule has 1 fully saturated rings. The highest BCUT2D eigenvalue weighted by Crippen LogP contribution is 2.27. The highest BCUT2D eigenvalue weighted by atomic mass is 16.5. The topological polar surface area (TPSA) is 53.0 Å². The predicted molar refractivity (Wildman–Crippen MR) is 83.4 cm³/mol. The minimum atomic E-state index is -0.891. The number of methoxy groups -OCH3 is 1. The molecule has 0 atom stereocenters. The van der Waals surface area contributed by atoms with E-state index < -0.39 is 5.97 Å². The molecule has 1 N–H and O–H groups in total.